The molecular formula is C17H21N3O. The van der Waals surface area contributed by atoms with Crippen LogP contribution < -0.4 is 10.6 Å². The van der Waals surface area contributed by atoms with Gasteiger partial charge in [-0.1, -0.05) is 42.4 Å². The van der Waals surface area contributed by atoms with E-state index in [1.165, 1.54) is 0 Å². The third-order valence-corrected chi connectivity index (χ3v) is 3.34. The van der Waals surface area contributed by atoms with Gasteiger partial charge in [-0.15, -0.1) is 0 Å². The first kappa shape index (κ1) is 14.9. The molecule has 21 heavy (non-hydrogen) atoms. The van der Waals surface area contributed by atoms with Crippen LogP contribution in [0.2, 0.25) is 0 Å². The molecule has 1 heterocycles. The average Bonchev–Trinajstić information content (AvgIpc) is 2.80. The SMILES string of the molecule is CC(CNc1ccccc1)C(CC1=CC=CC=CN1)=NO. The molecule has 1 unspecified atom stereocenters. The van der Waals surface area contributed by atoms with Crippen molar-refractivity contribution in [3.63, 3.8) is 0 Å². The monoisotopic (exact) mass is 283 g/mol. The maximum absolute atomic E-state index is 9.26. The molecule has 1 aromatic rings. The number of anilines is 1. The molecule has 0 bridgehead atoms. The summed E-state index contributed by atoms with van der Waals surface area (Å²) in [7, 11) is 0. The van der Waals surface area contributed by atoms with Crippen molar-refractivity contribution < 1.29 is 5.21 Å². The van der Waals surface area contributed by atoms with E-state index in [4.69, 9.17) is 0 Å². The summed E-state index contributed by atoms with van der Waals surface area (Å²) in [5.74, 6) is 0.133. The Hall–Kier alpha value is -2.49. The number of nitrogens with one attached hydrogen (secondary N) is 2. The minimum Gasteiger partial charge on any atom is -0.411 e. The van der Waals surface area contributed by atoms with Crippen molar-refractivity contribution in [1.29, 1.82) is 0 Å². The van der Waals surface area contributed by atoms with Gasteiger partial charge in [0.25, 0.3) is 0 Å². The molecule has 1 aliphatic rings. The van der Waals surface area contributed by atoms with Crippen LogP contribution in [-0.4, -0.2) is 17.5 Å². The fourth-order valence-corrected chi connectivity index (χ4v) is 2.05. The van der Waals surface area contributed by atoms with Crippen molar-refractivity contribution in [2.45, 2.75) is 13.3 Å². The lowest BCUT2D eigenvalue weighted by molar-refractivity contribution is 0.314. The third-order valence-electron chi connectivity index (χ3n) is 3.34. The summed E-state index contributed by atoms with van der Waals surface area (Å²) in [6.45, 7) is 2.77. The highest BCUT2D eigenvalue weighted by Gasteiger charge is 2.13. The maximum atomic E-state index is 9.26. The van der Waals surface area contributed by atoms with Crippen molar-refractivity contribution in [2.24, 2.45) is 11.1 Å². The Bertz CT molecular complexity index is 559. The van der Waals surface area contributed by atoms with Gasteiger partial charge in [-0.3, -0.25) is 0 Å². The second-order valence-electron chi connectivity index (χ2n) is 5.00. The molecule has 0 saturated carbocycles. The molecule has 0 radical (unpaired) electrons. The van der Waals surface area contributed by atoms with Crippen molar-refractivity contribution >= 4 is 11.4 Å². The average molecular weight is 283 g/mol. The van der Waals surface area contributed by atoms with E-state index in [1.54, 1.807) is 0 Å². The lowest BCUT2D eigenvalue weighted by Crippen LogP contribution is -2.23. The molecule has 0 aliphatic carbocycles. The van der Waals surface area contributed by atoms with Gasteiger partial charge in [-0.25, -0.2) is 0 Å². The van der Waals surface area contributed by atoms with Crippen LogP contribution in [0.5, 0.6) is 0 Å². The number of para-hydroxylation sites is 1. The predicted molar refractivity (Wildman–Crippen MR) is 87.4 cm³/mol. The molecular weight excluding hydrogens is 262 g/mol. The Kier molecular flexibility index (Phi) is 5.64. The van der Waals surface area contributed by atoms with Gasteiger partial charge in [0.2, 0.25) is 0 Å². The third kappa shape index (κ3) is 4.84. The van der Waals surface area contributed by atoms with Crippen molar-refractivity contribution in [3.05, 3.63) is 66.5 Å². The molecule has 0 spiro atoms. The molecule has 1 aromatic carbocycles. The van der Waals surface area contributed by atoms with E-state index >= 15 is 0 Å². The van der Waals surface area contributed by atoms with Crippen LogP contribution in [0, 0.1) is 5.92 Å². The fraction of sp³-hybridized carbons (Fsp3) is 0.235. The molecule has 4 heteroatoms. The van der Waals surface area contributed by atoms with Crippen LogP contribution in [0.1, 0.15) is 13.3 Å². The Balaban J connectivity index is 1.90. The molecule has 0 aromatic heterocycles. The molecule has 0 saturated heterocycles. The number of nitrogens with zero attached hydrogens (tertiary/aromatic N) is 1. The van der Waals surface area contributed by atoms with Gasteiger partial charge >= 0.3 is 0 Å². The van der Waals surface area contributed by atoms with E-state index in [0.29, 0.717) is 6.42 Å². The standard InChI is InChI=1S/C17H21N3O/c1-14(13-19-15-8-4-2-5-9-15)17(20-21)12-16-10-6-3-7-11-18-16/h2-11,14,18-19,21H,12-13H2,1H3. The highest BCUT2D eigenvalue weighted by Crippen LogP contribution is 2.12. The van der Waals surface area contributed by atoms with Gasteiger partial charge in [0.05, 0.1) is 5.71 Å². The summed E-state index contributed by atoms with van der Waals surface area (Å²) in [6.07, 6.45) is 10.3. The van der Waals surface area contributed by atoms with E-state index in [1.807, 2.05) is 67.8 Å². The van der Waals surface area contributed by atoms with Crippen LogP contribution in [0.4, 0.5) is 5.69 Å². The first-order chi connectivity index (χ1) is 10.3. The number of rotatable bonds is 6. The summed E-state index contributed by atoms with van der Waals surface area (Å²) in [5.41, 5.74) is 2.83. The minimum absolute atomic E-state index is 0.133. The Morgan fingerprint density at radius 1 is 1.24 bits per heavy atom. The molecule has 4 nitrogen and oxygen atoms in total. The van der Waals surface area contributed by atoms with Gasteiger partial charge < -0.3 is 15.8 Å². The topological polar surface area (TPSA) is 56.7 Å². The molecule has 0 fully saturated rings. The highest BCUT2D eigenvalue weighted by atomic mass is 16.4. The largest absolute Gasteiger partial charge is 0.411 e. The lowest BCUT2D eigenvalue weighted by Gasteiger charge is -2.16. The second-order valence-corrected chi connectivity index (χ2v) is 5.00. The van der Waals surface area contributed by atoms with Gasteiger partial charge in [0, 0.05) is 36.5 Å². The zero-order valence-corrected chi connectivity index (χ0v) is 12.2. The number of hydrogen-bond acceptors (Lipinski definition) is 4. The quantitative estimate of drug-likeness (QED) is 0.425. The molecule has 0 amide bonds. The first-order valence-electron chi connectivity index (χ1n) is 7.08. The van der Waals surface area contributed by atoms with E-state index in [0.717, 1.165) is 23.6 Å². The van der Waals surface area contributed by atoms with Crippen LogP contribution in [0.3, 0.4) is 0 Å². The van der Waals surface area contributed by atoms with E-state index in [9.17, 15) is 5.21 Å². The van der Waals surface area contributed by atoms with E-state index in [-0.39, 0.29) is 5.92 Å². The normalized spacial score (nSPS) is 15.9. The lowest BCUT2D eigenvalue weighted by atomic mass is 10.0. The Morgan fingerprint density at radius 3 is 2.81 bits per heavy atom. The molecule has 3 N–H and O–H groups in total. The minimum atomic E-state index is 0.133. The van der Waals surface area contributed by atoms with Gasteiger partial charge in [0.15, 0.2) is 0 Å². The zero-order chi connectivity index (χ0) is 14.9. The number of oxime groups is 1. The van der Waals surface area contributed by atoms with Crippen molar-refractivity contribution in [3.8, 4) is 0 Å². The van der Waals surface area contributed by atoms with Crippen LogP contribution in [0.25, 0.3) is 0 Å². The van der Waals surface area contributed by atoms with Crippen LogP contribution in [-0.2, 0) is 0 Å². The van der Waals surface area contributed by atoms with Crippen LogP contribution in [0.15, 0.2) is 71.7 Å². The van der Waals surface area contributed by atoms with Gasteiger partial charge in [-0.2, -0.15) is 0 Å². The molecule has 110 valence electrons. The summed E-state index contributed by atoms with van der Waals surface area (Å²) in [5, 5.41) is 19.3. The summed E-state index contributed by atoms with van der Waals surface area (Å²) < 4.78 is 0. The summed E-state index contributed by atoms with van der Waals surface area (Å²) in [4.78, 5) is 0. The maximum Gasteiger partial charge on any atom is 0.0674 e. The van der Waals surface area contributed by atoms with Gasteiger partial charge in [0.1, 0.15) is 0 Å². The van der Waals surface area contributed by atoms with Crippen molar-refractivity contribution in [2.75, 3.05) is 11.9 Å². The molecule has 1 atom stereocenters. The Labute approximate surface area is 125 Å². The Morgan fingerprint density at radius 2 is 2.05 bits per heavy atom. The van der Waals surface area contributed by atoms with Gasteiger partial charge in [-0.05, 0) is 24.3 Å². The number of benzene rings is 1. The van der Waals surface area contributed by atoms with Crippen LogP contribution >= 0.6 is 0 Å². The predicted octanol–water partition coefficient (Wildman–Crippen LogP) is 3.51. The number of allylic oxidation sites excluding steroid dienone is 5. The fourth-order valence-electron chi connectivity index (χ4n) is 2.05. The van der Waals surface area contributed by atoms with E-state index in [2.05, 4.69) is 15.8 Å². The highest BCUT2D eigenvalue weighted by molar-refractivity contribution is 5.88. The second kappa shape index (κ2) is 7.94. The first-order valence-corrected chi connectivity index (χ1v) is 7.08. The summed E-state index contributed by atoms with van der Waals surface area (Å²) >= 11 is 0. The molecule has 1 aliphatic heterocycles. The van der Waals surface area contributed by atoms with E-state index < -0.39 is 0 Å². The molecule has 2 rings (SSSR count). The van der Waals surface area contributed by atoms with Crippen molar-refractivity contribution in [1.82, 2.24) is 5.32 Å². The zero-order valence-electron chi connectivity index (χ0n) is 12.2. The smallest absolute Gasteiger partial charge is 0.0674 e. The summed E-state index contributed by atoms with van der Waals surface area (Å²) in [6, 6.07) is 10.0. The number of hydrogen-bond donors (Lipinski definition) is 3.